The average Bonchev–Trinajstić information content (AvgIpc) is 2.49. The van der Waals surface area contributed by atoms with Crippen LogP contribution in [0.25, 0.3) is 0 Å². The molecule has 0 radical (unpaired) electrons. The monoisotopic (exact) mass is 295 g/mol. The Kier molecular flexibility index (Phi) is 6.85. The van der Waals surface area contributed by atoms with Crippen LogP contribution in [0.5, 0.6) is 0 Å². The van der Waals surface area contributed by atoms with Crippen LogP contribution in [-0.2, 0) is 0 Å². The summed E-state index contributed by atoms with van der Waals surface area (Å²) < 4.78 is 0.120. The minimum absolute atomic E-state index is 0.106. The highest BCUT2D eigenvalue weighted by molar-refractivity contribution is 8.00. The molecular weight excluding hydrogens is 270 g/mol. The van der Waals surface area contributed by atoms with Gasteiger partial charge in [-0.2, -0.15) is 11.8 Å². The maximum atomic E-state index is 12.2. The Morgan fingerprint density at radius 3 is 2.55 bits per heavy atom. The molecular formula is C15H25N3OS. The van der Waals surface area contributed by atoms with Gasteiger partial charge >= 0.3 is 0 Å². The largest absolute Gasteiger partial charge is 0.370 e. The number of carbonyl (C=O) groups excluding carboxylic acids is 1. The molecule has 5 heteroatoms. The Balaban J connectivity index is 2.69. The minimum atomic E-state index is -0.106. The summed E-state index contributed by atoms with van der Waals surface area (Å²) in [5.74, 6) is 0.632. The molecule has 0 saturated carbocycles. The number of rotatable bonds is 8. The minimum Gasteiger partial charge on any atom is -0.370 e. The molecule has 0 saturated heterocycles. The summed E-state index contributed by atoms with van der Waals surface area (Å²) in [5, 5.41) is 6.13. The van der Waals surface area contributed by atoms with Crippen molar-refractivity contribution in [1.29, 1.82) is 0 Å². The van der Waals surface area contributed by atoms with Gasteiger partial charge < -0.3 is 10.6 Å². The summed E-state index contributed by atoms with van der Waals surface area (Å²) >= 11 is 1.82. The quantitative estimate of drug-likeness (QED) is 0.773. The van der Waals surface area contributed by atoms with Crippen LogP contribution in [0.2, 0.25) is 0 Å². The van der Waals surface area contributed by atoms with Crippen LogP contribution in [0.4, 0.5) is 5.82 Å². The van der Waals surface area contributed by atoms with Crippen molar-refractivity contribution in [2.24, 2.45) is 0 Å². The van der Waals surface area contributed by atoms with E-state index in [9.17, 15) is 4.79 Å². The number of amides is 1. The second-order valence-corrected chi connectivity index (χ2v) is 5.99. The van der Waals surface area contributed by atoms with Crippen molar-refractivity contribution in [2.45, 2.75) is 38.4 Å². The van der Waals surface area contributed by atoms with E-state index in [1.807, 2.05) is 30.8 Å². The van der Waals surface area contributed by atoms with E-state index in [1.54, 1.807) is 6.07 Å². The maximum Gasteiger partial charge on any atom is 0.270 e. The first kappa shape index (κ1) is 16.8. The van der Waals surface area contributed by atoms with Crippen molar-refractivity contribution in [3.05, 3.63) is 23.9 Å². The first-order valence-electron chi connectivity index (χ1n) is 7.15. The Hall–Kier alpha value is -1.23. The zero-order valence-electron chi connectivity index (χ0n) is 12.8. The first-order chi connectivity index (χ1) is 9.60. The van der Waals surface area contributed by atoms with Crippen LogP contribution in [0.3, 0.4) is 0 Å². The summed E-state index contributed by atoms with van der Waals surface area (Å²) in [4.78, 5) is 16.5. The van der Waals surface area contributed by atoms with Gasteiger partial charge in [0.1, 0.15) is 11.5 Å². The Labute approximate surface area is 126 Å². The lowest BCUT2D eigenvalue weighted by molar-refractivity contribution is 0.0944. The molecule has 1 heterocycles. The van der Waals surface area contributed by atoms with Gasteiger partial charge in [0.05, 0.1) is 0 Å². The van der Waals surface area contributed by atoms with E-state index in [4.69, 9.17) is 0 Å². The predicted molar refractivity (Wildman–Crippen MR) is 87.6 cm³/mol. The second-order valence-electron chi connectivity index (χ2n) is 4.72. The molecule has 0 aliphatic rings. The third kappa shape index (κ3) is 4.40. The average molecular weight is 295 g/mol. The summed E-state index contributed by atoms with van der Waals surface area (Å²) in [7, 11) is 0. The van der Waals surface area contributed by atoms with E-state index in [-0.39, 0.29) is 10.7 Å². The Morgan fingerprint density at radius 1 is 1.30 bits per heavy atom. The zero-order valence-corrected chi connectivity index (χ0v) is 13.6. The van der Waals surface area contributed by atoms with Crippen molar-refractivity contribution in [2.75, 3.05) is 24.7 Å². The molecule has 0 fully saturated rings. The van der Waals surface area contributed by atoms with E-state index in [0.717, 1.165) is 25.2 Å². The highest BCUT2D eigenvalue weighted by atomic mass is 32.2. The maximum absolute atomic E-state index is 12.2. The number of aromatic nitrogens is 1. The van der Waals surface area contributed by atoms with E-state index >= 15 is 0 Å². The normalized spacial score (nSPS) is 11.2. The SMILES string of the molecule is CCNc1cccc(C(=O)NCC(CC)(CC)SC)n1. The number of carbonyl (C=O) groups is 1. The van der Waals surface area contributed by atoms with E-state index < -0.39 is 0 Å². The van der Waals surface area contributed by atoms with Crippen LogP contribution in [0.1, 0.15) is 44.1 Å². The van der Waals surface area contributed by atoms with Gasteiger partial charge in [-0.15, -0.1) is 0 Å². The van der Waals surface area contributed by atoms with Crippen LogP contribution in [0, 0.1) is 0 Å². The fraction of sp³-hybridized carbons (Fsp3) is 0.600. The number of nitrogens with one attached hydrogen (secondary N) is 2. The smallest absolute Gasteiger partial charge is 0.270 e. The molecule has 0 unspecified atom stereocenters. The number of nitrogens with zero attached hydrogens (tertiary/aromatic N) is 1. The molecule has 0 aliphatic heterocycles. The van der Waals surface area contributed by atoms with Crippen molar-refractivity contribution < 1.29 is 4.79 Å². The van der Waals surface area contributed by atoms with Crippen molar-refractivity contribution in [1.82, 2.24) is 10.3 Å². The fourth-order valence-electron chi connectivity index (χ4n) is 2.03. The van der Waals surface area contributed by atoms with Gasteiger partial charge in [-0.05, 0) is 38.2 Å². The van der Waals surface area contributed by atoms with Crippen molar-refractivity contribution >= 4 is 23.5 Å². The molecule has 4 nitrogen and oxygen atoms in total. The Bertz CT molecular complexity index is 425. The third-order valence-electron chi connectivity index (χ3n) is 3.63. The van der Waals surface area contributed by atoms with Crippen molar-refractivity contribution in [3.8, 4) is 0 Å². The van der Waals surface area contributed by atoms with Gasteiger partial charge in [0, 0.05) is 17.8 Å². The summed E-state index contributed by atoms with van der Waals surface area (Å²) in [5.41, 5.74) is 0.464. The summed E-state index contributed by atoms with van der Waals surface area (Å²) in [6, 6.07) is 5.46. The third-order valence-corrected chi connectivity index (χ3v) is 5.22. The lowest BCUT2D eigenvalue weighted by Gasteiger charge is -2.29. The van der Waals surface area contributed by atoms with Gasteiger partial charge in [0.25, 0.3) is 5.91 Å². The lowest BCUT2D eigenvalue weighted by Crippen LogP contribution is -2.39. The van der Waals surface area contributed by atoms with Gasteiger partial charge in [0.15, 0.2) is 0 Å². The molecule has 0 bridgehead atoms. The van der Waals surface area contributed by atoms with Gasteiger partial charge in [-0.1, -0.05) is 19.9 Å². The topological polar surface area (TPSA) is 54.0 Å². The highest BCUT2D eigenvalue weighted by Crippen LogP contribution is 2.29. The summed E-state index contributed by atoms with van der Waals surface area (Å²) in [6.07, 6.45) is 4.18. The molecule has 1 amide bonds. The predicted octanol–water partition coefficient (Wildman–Crippen LogP) is 3.17. The summed E-state index contributed by atoms with van der Waals surface area (Å²) in [6.45, 7) is 7.79. The molecule has 20 heavy (non-hydrogen) atoms. The standard InChI is InChI=1S/C15H25N3OS/c1-5-15(6-2,20-4)11-17-14(19)12-9-8-10-13(18-12)16-7-3/h8-10H,5-7,11H2,1-4H3,(H,16,18)(H,17,19). The molecule has 1 aromatic rings. The zero-order chi connectivity index (χ0) is 15.0. The van der Waals surface area contributed by atoms with E-state index in [1.165, 1.54) is 0 Å². The van der Waals surface area contributed by atoms with E-state index in [0.29, 0.717) is 12.2 Å². The fourth-order valence-corrected chi connectivity index (χ4v) is 2.83. The molecule has 0 atom stereocenters. The van der Waals surface area contributed by atoms with Gasteiger partial charge in [-0.25, -0.2) is 4.98 Å². The van der Waals surface area contributed by atoms with E-state index in [2.05, 4.69) is 35.7 Å². The number of hydrogen-bond acceptors (Lipinski definition) is 4. The van der Waals surface area contributed by atoms with Crippen LogP contribution in [-0.4, -0.2) is 35.0 Å². The Morgan fingerprint density at radius 2 is 2.00 bits per heavy atom. The van der Waals surface area contributed by atoms with Gasteiger partial charge in [-0.3, -0.25) is 4.79 Å². The number of thioether (sulfide) groups is 1. The molecule has 0 aromatic carbocycles. The molecule has 1 rings (SSSR count). The number of hydrogen-bond donors (Lipinski definition) is 2. The molecule has 0 spiro atoms. The molecule has 2 N–H and O–H groups in total. The number of pyridine rings is 1. The lowest BCUT2D eigenvalue weighted by atomic mass is 10.0. The highest BCUT2D eigenvalue weighted by Gasteiger charge is 2.25. The van der Waals surface area contributed by atoms with Crippen molar-refractivity contribution in [3.63, 3.8) is 0 Å². The molecule has 0 aliphatic carbocycles. The molecule has 1 aromatic heterocycles. The van der Waals surface area contributed by atoms with Crippen LogP contribution < -0.4 is 10.6 Å². The van der Waals surface area contributed by atoms with Gasteiger partial charge in [0.2, 0.25) is 0 Å². The second kappa shape index (κ2) is 8.15. The van der Waals surface area contributed by atoms with Crippen LogP contribution in [0.15, 0.2) is 18.2 Å². The first-order valence-corrected chi connectivity index (χ1v) is 8.37. The van der Waals surface area contributed by atoms with Crippen LogP contribution >= 0.6 is 11.8 Å². The number of anilines is 1. The molecule has 112 valence electrons.